The van der Waals surface area contributed by atoms with E-state index in [2.05, 4.69) is 27.0 Å². The zero-order chi connectivity index (χ0) is 22.0. The van der Waals surface area contributed by atoms with Crippen molar-refractivity contribution in [1.29, 1.82) is 0 Å². The van der Waals surface area contributed by atoms with Crippen LogP contribution in [0.4, 0.5) is 22.2 Å². The maximum absolute atomic E-state index is 13.0. The van der Waals surface area contributed by atoms with Crippen molar-refractivity contribution < 1.29 is 9.59 Å². The number of fused-ring (bicyclic) bond motifs is 1. The van der Waals surface area contributed by atoms with Crippen LogP contribution in [0, 0.1) is 0 Å². The van der Waals surface area contributed by atoms with Gasteiger partial charge in [0.15, 0.2) is 5.78 Å². The SMILES string of the molecule is C=CC(=O)Cc1cccc(CN2C(=O)N(C)Cc3cnc(Nc4cnn(C)c4)nc32)c1. The molecule has 0 bridgehead atoms. The van der Waals surface area contributed by atoms with Crippen LogP contribution in [-0.4, -0.2) is 43.5 Å². The molecule has 0 atom stereocenters. The lowest BCUT2D eigenvalue weighted by atomic mass is 10.1. The van der Waals surface area contributed by atoms with E-state index in [4.69, 9.17) is 0 Å². The Hall–Kier alpha value is -4.01. The highest BCUT2D eigenvalue weighted by Crippen LogP contribution is 2.29. The first kappa shape index (κ1) is 20.3. The van der Waals surface area contributed by atoms with Crippen molar-refractivity contribution in [3.8, 4) is 0 Å². The average Bonchev–Trinajstić information content (AvgIpc) is 3.16. The number of carbonyl (C=O) groups is 2. The fourth-order valence-electron chi connectivity index (χ4n) is 3.47. The third-order valence-corrected chi connectivity index (χ3v) is 4.96. The van der Waals surface area contributed by atoms with Gasteiger partial charge < -0.3 is 10.2 Å². The summed E-state index contributed by atoms with van der Waals surface area (Å²) in [6, 6.07) is 7.49. The number of ketones is 1. The monoisotopic (exact) mass is 417 g/mol. The number of hydrogen-bond acceptors (Lipinski definition) is 6. The molecule has 1 aromatic carbocycles. The highest BCUT2D eigenvalue weighted by molar-refractivity contribution is 5.93. The van der Waals surface area contributed by atoms with Crippen LogP contribution in [0.25, 0.3) is 0 Å². The predicted octanol–water partition coefficient (Wildman–Crippen LogP) is 2.82. The van der Waals surface area contributed by atoms with Crippen LogP contribution in [0.1, 0.15) is 16.7 Å². The van der Waals surface area contributed by atoms with Crippen molar-refractivity contribution in [2.75, 3.05) is 17.3 Å². The Bertz CT molecular complexity index is 1150. The number of aromatic nitrogens is 4. The molecule has 9 heteroatoms. The van der Waals surface area contributed by atoms with Crippen molar-refractivity contribution in [2.45, 2.75) is 19.5 Å². The molecule has 2 amide bonds. The summed E-state index contributed by atoms with van der Waals surface area (Å²) in [5, 5.41) is 7.24. The second-order valence-corrected chi connectivity index (χ2v) is 7.46. The molecule has 31 heavy (non-hydrogen) atoms. The molecule has 3 heterocycles. The van der Waals surface area contributed by atoms with E-state index in [1.807, 2.05) is 37.5 Å². The average molecular weight is 417 g/mol. The Morgan fingerprint density at radius 2 is 2.06 bits per heavy atom. The zero-order valence-electron chi connectivity index (χ0n) is 17.4. The van der Waals surface area contributed by atoms with E-state index in [-0.39, 0.29) is 18.2 Å². The standard InChI is InChI=1S/C22H23N7O2/c1-4-19(30)9-15-6-5-7-16(8-15)12-29-20-17(13-27(2)22(29)31)10-23-21(26-20)25-18-11-24-28(3)14-18/h4-8,10-11,14H,1,9,12-13H2,2-3H3,(H,23,25,26). The first-order valence-electron chi connectivity index (χ1n) is 9.80. The zero-order valence-corrected chi connectivity index (χ0v) is 17.4. The fourth-order valence-corrected chi connectivity index (χ4v) is 3.47. The molecule has 3 aromatic rings. The quantitative estimate of drug-likeness (QED) is 0.594. The summed E-state index contributed by atoms with van der Waals surface area (Å²) in [6.07, 6.45) is 6.82. The second kappa shape index (κ2) is 8.39. The van der Waals surface area contributed by atoms with Gasteiger partial charge in [0.25, 0.3) is 0 Å². The van der Waals surface area contributed by atoms with Crippen LogP contribution in [-0.2, 0) is 31.4 Å². The molecule has 9 nitrogen and oxygen atoms in total. The van der Waals surface area contributed by atoms with Gasteiger partial charge in [0.2, 0.25) is 5.95 Å². The summed E-state index contributed by atoms with van der Waals surface area (Å²) < 4.78 is 1.68. The van der Waals surface area contributed by atoms with Crippen LogP contribution in [0.15, 0.2) is 55.5 Å². The van der Waals surface area contributed by atoms with E-state index in [0.29, 0.717) is 24.9 Å². The van der Waals surface area contributed by atoms with Gasteiger partial charge in [-0.3, -0.25) is 14.4 Å². The molecule has 0 spiro atoms. The maximum Gasteiger partial charge on any atom is 0.326 e. The normalized spacial score (nSPS) is 13.2. The van der Waals surface area contributed by atoms with Gasteiger partial charge in [0.05, 0.1) is 25.0 Å². The minimum absolute atomic E-state index is 0.0462. The number of aryl methyl sites for hydroxylation is 1. The first-order valence-corrected chi connectivity index (χ1v) is 9.80. The number of carbonyl (C=O) groups excluding carboxylic acids is 2. The minimum atomic E-state index is -0.147. The number of rotatable bonds is 7. The number of nitrogens with one attached hydrogen (secondary N) is 1. The van der Waals surface area contributed by atoms with Crippen LogP contribution in [0.3, 0.4) is 0 Å². The van der Waals surface area contributed by atoms with Gasteiger partial charge in [-0.1, -0.05) is 30.8 Å². The van der Waals surface area contributed by atoms with Crippen LogP contribution in [0.2, 0.25) is 0 Å². The van der Waals surface area contributed by atoms with Gasteiger partial charge >= 0.3 is 6.03 Å². The largest absolute Gasteiger partial charge is 0.326 e. The number of allylic oxidation sites excluding steroid dienone is 1. The van der Waals surface area contributed by atoms with Gasteiger partial charge in [0.1, 0.15) is 5.82 Å². The third kappa shape index (κ3) is 4.45. The van der Waals surface area contributed by atoms with Gasteiger partial charge in [-0.05, 0) is 17.2 Å². The molecule has 0 saturated heterocycles. The van der Waals surface area contributed by atoms with Gasteiger partial charge in [0, 0.05) is 38.5 Å². The molecular formula is C22H23N7O2. The van der Waals surface area contributed by atoms with Crippen LogP contribution in [0.5, 0.6) is 0 Å². The number of hydrogen-bond donors (Lipinski definition) is 1. The van der Waals surface area contributed by atoms with E-state index in [1.165, 1.54) is 6.08 Å². The summed E-state index contributed by atoms with van der Waals surface area (Å²) in [5.41, 5.74) is 3.40. The molecule has 0 unspecified atom stereocenters. The number of urea groups is 1. The smallest absolute Gasteiger partial charge is 0.323 e. The summed E-state index contributed by atoms with van der Waals surface area (Å²) in [6.45, 7) is 4.29. The predicted molar refractivity (Wildman–Crippen MR) is 117 cm³/mol. The van der Waals surface area contributed by atoms with Crippen molar-refractivity contribution in [2.24, 2.45) is 7.05 Å². The molecule has 2 aromatic heterocycles. The molecule has 1 aliphatic rings. The van der Waals surface area contributed by atoms with Crippen molar-refractivity contribution in [1.82, 2.24) is 24.6 Å². The lowest BCUT2D eigenvalue weighted by molar-refractivity contribution is -0.114. The molecular weight excluding hydrogens is 394 g/mol. The highest BCUT2D eigenvalue weighted by atomic mass is 16.2. The molecule has 0 saturated carbocycles. The molecule has 1 N–H and O–H groups in total. The summed E-state index contributed by atoms with van der Waals surface area (Å²) >= 11 is 0. The molecule has 0 fully saturated rings. The lowest BCUT2D eigenvalue weighted by Gasteiger charge is -2.34. The second-order valence-electron chi connectivity index (χ2n) is 7.46. The van der Waals surface area contributed by atoms with Gasteiger partial charge in [-0.25, -0.2) is 9.78 Å². The number of nitrogens with zero attached hydrogens (tertiary/aromatic N) is 6. The van der Waals surface area contributed by atoms with Crippen molar-refractivity contribution in [3.63, 3.8) is 0 Å². The summed E-state index contributed by atoms with van der Waals surface area (Å²) in [4.78, 5) is 36.9. The molecule has 158 valence electrons. The summed E-state index contributed by atoms with van der Waals surface area (Å²) in [7, 11) is 3.57. The molecule has 4 rings (SSSR count). The van der Waals surface area contributed by atoms with E-state index >= 15 is 0 Å². The van der Waals surface area contributed by atoms with Gasteiger partial charge in [-0.2, -0.15) is 10.1 Å². The van der Waals surface area contributed by atoms with E-state index in [9.17, 15) is 9.59 Å². The Balaban J connectivity index is 1.63. The van der Waals surface area contributed by atoms with E-state index < -0.39 is 0 Å². The van der Waals surface area contributed by atoms with E-state index in [1.54, 1.807) is 33.9 Å². The van der Waals surface area contributed by atoms with Crippen LogP contribution < -0.4 is 10.2 Å². The minimum Gasteiger partial charge on any atom is -0.323 e. The molecule has 1 aliphatic heterocycles. The number of benzene rings is 1. The number of anilines is 3. The van der Waals surface area contributed by atoms with E-state index in [0.717, 1.165) is 22.4 Å². The fraction of sp³-hybridized carbons (Fsp3) is 0.227. The third-order valence-electron chi connectivity index (χ3n) is 4.96. The topological polar surface area (TPSA) is 96.3 Å². The Kier molecular flexibility index (Phi) is 5.48. The molecule has 0 radical (unpaired) electrons. The van der Waals surface area contributed by atoms with Crippen molar-refractivity contribution in [3.05, 3.63) is 72.2 Å². The Morgan fingerprint density at radius 1 is 1.26 bits per heavy atom. The van der Waals surface area contributed by atoms with Crippen molar-refractivity contribution >= 4 is 29.3 Å². The highest BCUT2D eigenvalue weighted by Gasteiger charge is 2.30. The van der Waals surface area contributed by atoms with Gasteiger partial charge in [-0.15, -0.1) is 0 Å². The maximum atomic E-state index is 13.0. The first-order chi connectivity index (χ1) is 14.9. The number of amides is 2. The summed E-state index contributed by atoms with van der Waals surface area (Å²) in [5.74, 6) is 0.909. The Labute approximate surface area is 180 Å². The lowest BCUT2D eigenvalue weighted by Crippen LogP contribution is -2.45. The van der Waals surface area contributed by atoms with Crippen LogP contribution >= 0.6 is 0 Å². The molecule has 0 aliphatic carbocycles. The Morgan fingerprint density at radius 3 is 2.81 bits per heavy atom.